The molecular weight excluding hydrogens is 418 g/mol. The number of aromatic nitrogens is 3. The maximum Gasteiger partial charge on any atom is 0.233 e. The number of halogens is 2. The molecule has 0 saturated heterocycles. The van der Waals surface area contributed by atoms with E-state index in [-0.39, 0.29) is 35.3 Å². The van der Waals surface area contributed by atoms with Gasteiger partial charge in [0.15, 0.2) is 11.0 Å². The minimum absolute atomic E-state index is 0.0895. The van der Waals surface area contributed by atoms with Crippen molar-refractivity contribution in [3.05, 3.63) is 65.7 Å². The molecule has 2 aromatic carbocycles. The molecule has 1 amide bonds. The highest BCUT2D eigenvalue weighted by Crippen LogP contribution is 2.28. The van der Waals surface area contributed by atoms with Crippen molar-refractivity contribution in [2.45, 2.75) is 38.5 Å². The molecule has 0 aliphatic carbocycles. The van der Waals surface area contributed by atoms with Crippen LogP contribution in [0.1, 0.15) is 32.4 Å². The number of nitrogens with zero attached hydrogens (tertiary/aromatic N) is 4. The van der Waals surface area contributed by atoms with Gasteiger partial charge in [-0.3, -0.25) is 4.79 Å². The van der Waals surface area contributed by atoms with Crippen LogP contribution in [0.4, 0.5) is 8.78 Å². The average molecular weight is 445 g/mol. The summed E-state index contributed by atoms with van der Waals surface area (Å²) in [5.74, 6) is 0.145. The molecule has 3 rings (SSSR count). The molecule has 0 N–H and O–H groups in total. The van der Waals surface area contributed by atoms with Crippen molar-refractivity contribution in [3.63, 3.8) is 0 Å². The molecule has 5 nitrogen and oxygen atoms in total. The highest BCUT2D eigenvalue weighted by molar-refractivity contribution is 7.99. The summed E-state index contributed by atoms with van der Waals surface area (Å²) in [6, 6.07) is 12.4. The molecule has 0 aliphatic heterocycles. The molecule has 1 atom stereocenters. The van der Waals surface area contributed by atoms with Crippen molar-refractivity contribution in [1.29, 1.82) is 0 Å². The summed E-state index contributed by atoms with van der Waals surface area (Å²) in [6.07, 6.45) is 0. The van der Waals surface area contributed by atoms with Crippen LogP contribution in [0.15, 0.2) is 53.7 Å². The molecule has 0 saturated carbocycles. The maximum absolute atomic E-state index is 14.3. The topological polar surface area (TPSA) is 51.0 Å². The predicted molar refractivity (Wildman–Crippen MR) is 119 cm³/mol. The number of hydrogen-bond donors (Lipinski definition) is 0. The van der Waals surface area contributed by atoms with Crippen LogP contribution in [-0.2, 0) is 11.3 Å². The normalized spacial score (nSPS) is 12.2. The monoisotopic (exact) mass is 444 g/mol. The van der Waals surface area contributed by atoms with E-state index in [1.165, 1.54) is 30.0 Å². The number of thioether (sulfide) groups is 1. The highest BCUT2D eigenvalue weighted by Gasteiger charge is 2.21. The molecular formula is C23H26F2N4OS. The van der Waals surface area contributed by atoms with Crippen molar-refractivity contribution in [3.8, 4) is 11.4 Å². The van der Waals surface area contributed by atoms with Gasteiger partial charge in [-0.1, -0.05) is 49.9 Å². The standard InChI is InChI=1S/C23H26F2N4OS/c1-15(2)13-29-22(19-7-5-6-8-20(19)25)26-27-23(29)31-14-21(30)28(4)16(3)17-9-11-18(24)12-10-17/h5-12,15-16H,13-14H2,1-4H3. The minimum atomic E-state index is -0.361. The lowest BCUT2D eigenvalue weighted by atomic mass is 10.1. The Bertz CT molecular complexity index is 1040. The number of carbonyl (C=O) groups is 1. The van der Waals surface area contributed by atoms with Crippen molar-refractivity contribution < 1.29 is 13.6 Å². The van der Waals surface area contributed by atoms with E-state index in [9.17, 15) is 13.6 Å². The summed E-state index contributed by atoms with van der Waals surface area (Å²) in [7, 11) is 1.72. The number of rotatable bonds is 8. The second-order valence-corrected chi connectivity index (χ2v) is 8.75. The summed E-state index contributed by atoms with van der Waals surface area (Å²) >= 11 is 1.28. The Balaban J connectivity index is 1.75. The van der Waals surface area contributed by atoms with E-state index in [0.29, 0.717) is 23.1 Å². The smallest absolute Gasteiger partial charge is 0.233 e. The summed E-state index contributed by atoms with van der Waals surface area (Å²) in [4.78, 5) is 14.4. The number of carbonyl (C=O) groups excluding carboxylic acids is 1. The number of hydrogen-bond acceptors (Lipinski definition) is 4. The van der Waals surface area contributed by atoms with Gasteiger partial charge in [-0.25, -0.2) is 8.78 Å². The molecule has 0 spiro atoms. The summed E-state index contributed by atoms with van der Waals surface area (Å²) in [5, 5.41) is 9.01. The van der Waals surface area contributed by atoms with E-state index in [2.05, 4.69) is 24.0 Å². The molecule has 0 radical (unpaired) electrons. The lowest BCUT2D eigenvalue weighted by Crippen LogP contribution is -2.31. The van der Waals surface area contributed by atoms with Crippen LogP contribution >= 0.6 is 11.8 Å². The van der Waals surface area contributed by atoms with Gasteiger partial charge >= 0.3 is 0 Å². The summed E-state index contributed by atoms with van der Waals surface area (Å²) in [6.45, 7) is 6.62. The van der Waals surface area contributed by atoms with Gasteiger partial charge in [0.05, 0.1) is 17.4 Å². The zero-order valence-electron chi connectivity index (χ0n) is 18.0. The van der Waals surface area contributed by atoms with Crippen molar-refractivity contribution in [2.24, 2.45) is 5.92 Å². The third kappa shape index (κ3) is 5.50. The molecule has 8 heteroatoms. The Kier molecular flexibility index (Phi) is 7.43. The first-order valence-electron chi connectivity index (χ1n) is 10.1. The maximum atomic E-state index is 14.3. The van der Waals surface area contributed by atoms with E-state index in [0.717, 1.165) is 5.56 Å². The molecule has 0 aliphatic rings. The third-order valence-electron chi connectivity index (χ3n) is 5.03. The van der Waals surface area contributed by atoms with E-state index in [1.807, 2.05) is 11.5 Å². The Hall–Kier alpha value is -2.74. The van der Waals surface area contributed by atoms with Crippen LogP contribution in [-0.4, -0.2) is 38.4 Å². The fourth-order valence-corrected chi connectivity index (χ4v) is 4.05. The van der Waals surface area contributed by atoms with E-state index < -0.39 is 0 Å². The van der Waals surface area contributed by atoms with Crippen LogP contribution in [0.25, 0.3) is 11.4 Å². The van der Waals surface area contributed by atoms with Gasteiger partial charge in [0.2, 0.25) is 5.91 Å². The number of benzene rings is 2. The van der Waals surface area contributed by atoms with Gasteiger partial charge < -0.3 is 9.47 Å². The van der Waals surface area contributed by atoms with Gasteiger partial charge in [-0.2, -0.15) is 0 Å². The first-order chi connectivity index (χ1) is 14.8. The van der Waals surface area contributed by atoms with Crippen LogP contribution < -0.4 is 0 Å². The molecule has 0 bridgehead atoms. The largest absolute Gasteiger partial charge is 0.338 e. The second-order valence-electron chi connectivity index (χ2n) is 7.81. The van der Waals surface area contributed by atoms with E-state index in [4.69, 9.17) is 0 Å². The van der Waals surface area contributed by atoms with Gasteiger partial charge in [0.25, 0.3) is 0 Å². The SMILES string of the molecule is CC(C)Cn1c(SCC(=O)N(C)C(C)c2ccc(F)cc2)nnc1-c1ccccc1F. The first kappa shape index (κ1) is 22.9. The molecule has 1 unspecified atom stereocenters. The Morgan fingerprint density at radius 1 is 1.06 bits per heavy atom. The quantitative estimate of drug-likeness (QED) is 0.449. The zero-order valence-corrected chi connectivity index (χ0v) is 18.9. The highest BCUT2D eigenvalue weighted by atomic mass is 32.2. The zero-order chi connectivity index (χ0) is 22.5. The lowest BCUT2D eigenvalue weighted by Gasteiger charge is -2.25. The van der Waals surface area contributed by atoms with Crippen molar-refractivity contribution in [1.82, 2.24) is 19.7 Å². The molecule has 3 aromatic rings. The van der Waals surface area contributed by atoms with Crippen LogP contribution in [0.2, 0.25) is 0 Å². The van der Waals surface area contributed by atoms with Gasteiger partial charge in [0.1, 0.15) is 11.6 Å². The van der Waals surface area contributed by atoms with Crippen molar-refractivity contribution >= 4 is 17.7 Å². The van der Waals surface area contributed by atoms with Gasteiger partial charge in [-0.05, 0) is 42.7 Å². The fraction of sp³-hybridized carbons (Fsp3) is 0.348. The number of amides is 1. The van der Waals surface area contributed by atoms with Crippen LogP contribution in [0.3, 0.4) is 0 Å². The van der Waals surface area contributed by atoms with Gasteiger partial charge in [0, 0.05) is 13.6 Å². The molecule has 0 fully saturated rings. The van der Waals surface area contributed by atoms with E-state index >= 15 is 0 Å². The fourth-order valence-electron chi connectivity index (χ4n) is 3.18. The minimum Gasteiger partial charge on any atom is -0.338 e. The summed E-state index contributed by atoms with van der Waals surface area (Å²) < 4.78 is 29.4. The summed E-state index contributed by atoms with van der Waals surface area (Å²) in [5.41, 5.74) is 1.24. The molecule has 164 valence electrons. The first-order valence-corrected chi connectivity index (χ1v) is 11.1. The Labute approximate surface area is 185 Å². The lowest BCUT2D eigenvalue weighted by molar-refractivity contribution is -0.128. The predicted octanol–water partition coefficient (Wildman–Crippen LogP) is 5.19. The van der Waals surface area contributed by atoms with Crippen molar-refractivity contribution in [2.75, 3.05) is 12.8 Å². The average Bonchev–Trinajstić information content (AvgIpc) is 3.13. The third-order valence-corrected chi connectivity index (χ3v) is 5.98. The van der Waals surface area contributed by atoms with E-state index in [1.54, 1.807) is 42.3 Å². The van der Waals surface area contributed by atoms with Crippen LogP contribution in [0.5, 0.6) is 0 Å². The Morgan fingerprint density at radius 3 is 2.39 bits per heavy atom. The molecule has 31 heavy (non-hydrogen) atoms. The van der Waals surface area contributed by atoms with Crippen LogP contribution in [0, 0.1) is 17.6 Å². The molecule has 1 heterocycles. The van der Waals surface area contributed by atoms with Gasteiger partial charge in [-0.15, -0.1) is 10.2 Å². The Morgan fingerprint density at radius 2 is 1.74 bits per heavy atom. The second kappa shape index (κ2) is 10.0. The molecule has 1 aromatic heterocycles.